The van der Waals surface area contributed by atoms with Gasteiger partial charge in [0.1, 0.15) is 18.0 Å². The molecule has 0 N–H and O–H groups in total. The Balaban J connectivity index is 1.95. The third kappa shape index (κ3) is 4.69. The molecule has 3 atom stereocenters. The molecule has 0 amide bonds. The molecule has 3 rings (SSSR count). The van der Waals surface area contributed by atoms with Crippen LogP contribution < -0.4 is 4.74 Å². The van der Waals surface area contributed by atoms with Crippen LogP contribution in [0.5, 0.6) is 5.75 Å². The van der Waals surface area contributed by atoms with E-state index in [1.165, 1.54) is 6.08 Å². The molecule has 2 aliphatic rings. The first-order valence-electron chi connectivity index (χ1n) is 9.40. The van der Waals surface area contributed by atoms with Crippen molar-refractivity contribution in [3.8, 4) is 5.75 Å². The van der Waals surface area contributed by atoms with Crippen LogP contribution in [0.15, 0.2) is 36.4 Å². The molecule has 2 aliphatic heterocycles. The zero-order valence-electron chi connectivity index (χ0n) is 16.6. The van der Waals surface area contributed by atoms with Crippen molar-refractivity contribution >= 4 is 17.8 Å². The first-order chi connectivity index (χ1) is 13.3. The lowest BCUT2D eigenvalue weighted by atomic mass is 10.0. The number of hydrogen-bond acceptors (Lipinski definition) is 6. The molecule has 0 aliphatic carbocycles. The number of ether oxygens (including phenoxy) is 4. The summed E-state index contributed by atoms with van der Waals surface area (Å²) in [5, 5.41) is 0. The maximum Gasteiger partial charge on any atom is 0.339 e. The molecule has 6 heteroatoms. The second-order valence-corrected chi connectivity index (χ2v) is 7.44. The Morgan fingerprint density at radius 2 is 1.82 bits per heavy atom. The molecule has 1 fully saturated rings. The summed E-state index contributed by atoms with van der Waals surface area (Å²) < 4.78 is 22.5. The topological polar surface area (TPSA) is 71.1 Å². The number of carbonyl (C=O) groups excluding carboxylic acids is 2. The minimum atomic E-state index is -0.825. The van der Waals surface area contributed by atoms with Crippen molar-refractivity contribution in [2.45, 2.75) is 57.7 Å². The second-order valence-electron chi connectivity index (χ2n) is 7.44. The summed E-state index contributed by atoms with van der Waals surface area (Å²) in [6.45, 7) is 5.38. The molecule has 0 radical (unpaired) electrons. The Hall–Kier alpha value is -2.44. The van der Waals surface area contributed by atoms with Gasteiger partial charge >= 0.3 is 5.97 Å². The highest BCUT2D eigenvalue weighted by molar-refractivity contribution is 5.95. The monoisotopic (exact) mass is 386 g/mol. The van der Waals surface area contributed by atoms with Gasteiger partial charge < -0.3 is 18.9 Å². The lowest BCUT2D eigenvalue weighted by Crippen LogP contribution is -2.30. The maximum absolute atomic E-state index is 12.6. The van der Waals surface area contributed by atoms with Crippen LogP contribution in [0, 0.1) is 0 Å². The van der Waals surface area contributed by atoms with Crippen LogP contribution in [0.25, 0.3) is 6.08 Å². The molecule has 0 bridgehead atoms. The van der Waals surface area contributed by atoms with E-state index in [9.17, 15) is 9.59 Å². The molecular weight excluding hydrogens is 360 g/mol. The molecule has 150 valence electrons. The fourth-order valence-electron chi connectivity index (χ4n) is 3.33. The number of hydrogen-bond donors (Lipinski definition) is 0. The van der Waals surface area contributed by atoms with E-state index in [0.29, 0.717) is 29.7 Å². The van der Waals surface area contributed by atoms with E-state index in [1.54, 1.807) is 52.2 Å². The number of carbonyl (C=O) groups is 2. The standard InChI is InChI=1S/C22H26O6/c1-14-7-5-9-18(23)20-19(27-22(2,3)28-20)10-6-8-15-13-16(25-4)11-12-17(15)21(24)26-14/h5-6,8-9,11-14,19-20H,7,10H2,1-4H3/b8-6+,9-5-/t14-,19-,20+/m0/s1. The number of benzene rings is 1. The highest BCUT2D eigenvalue weighted by Gasteiger charge is 2.43. The quantitative estimate of drug-likeness (QED) is 0.686. The molecule has 0 aromatic heterocycles. The molecule has 2 heterocycles. The summed E-state index contributed by atoms with van der Waals surface area (Å²) in [6.07, 6.45) is 6.36. The first kappa shape index (κ1) is 20.3. The fraction of sp³-hybridized carbons (Fsp3) is 0.455. The second kappa shape index (κ2) is 8.29. The van der Waals surface area contributed by atoms with Gasteiger partial charge in [0.2, 0.25) is 0 Å². The zero-order valence-corrected chi connectivity index (χ0v) is 16.6. The number of rotatable bonds is 1. The van der Waals surface area contributed by atoms with Gasteiger partial charge in [-0.1, -0.05) is 18.2 Å². The summed E-state index contributed by atoms with van der Waals surface area (Å²) in [6, 6.07) is 5.20. The first-order valence-corrected chi connectivity index (χ1v) is 9.40. The van der Waals surface area contributed by atoms with Crippen molar-refractivity contribution < 1.29 is 28.5 Å². The number of esters is 1. The van der Waals surface area contributed by atoms with Gasteiger partial charge in [-0.15, -0.1) is 0 Å². The lowest BCUT2D eigenvalue weighted by molar-refractivity contribution is -0.152. The number of ketones is 1. The molecule has 0 saturated carbocycles. The van der Waals surface area contributed by atoms with Crippen molar-refractivity contribution in [3.63, 3.8) is 0 Å². The Bertz CT molecular complexity index is 807. The smallest absolute Gasteiger partial charge is 0.339 e. The maximum atomic E-state index is 12.6. The van der Waals surface area contributed by atoms with Crippen LogP contribution in [0.3, 0.4) is 0 Å². The van der Waals surface area contributed by atoms with Crippen LogP contribution >= 0.6 is 0 Å². The fourth-order valence-corrected chi connectivity index (χ4v) is 3.33. The lowest BCUT2D eigenvalue weighted by Gasteiger charge is -2.16. The molecule has 1 saturated heterocycles. The molecule has 6 nitrogen and oxygen atoms in total. The van der Waals surface area contributed by atoms with E-state index < -0.39 is 24.0 Å². The van der Waals surface area contributed by atoms with E-state index >= 15 is 0 Å². The normalized spacial score (nSPS) is 29.8. The molecule has 28 heavy (non-hydrogen) atoms. The molecular formula is C22H26O6. The average Bonchev–Trinajstić information content (AvgIpc) is 2.95. The van der Waals surface area contributed by atoms with Crippen molar-refractivity contribution in [1.82, 2.24) is 0 Å². The average molecular weight is 386 g/mol. The minimum Gasteiger partial charge on any atom is -0.497 e. The summed E-state index contributed by atoms with van der Waals surface area (Å²) in [4.78, 5) is 25.2. The SMILES string of the molecule is COc1ccc2c(c1)/C=C/C[C@@H]1OC(C)(C)O[C@@H]1C(=O)/C=C\C[C@H](C)OC2=O. The Labute approximate surface area is 165 Å². The van der Waals surface area contributed by atoms with Crippen LogP contribution in [-0.4, -0.2) is 43.0 Å². The van der Waals surface area contributed by atoms with E-state index in [4.69, 9.17) is 18.9 Å². The van der Waals surface area contributed by atoms with Crippen molar-refractivity contribution in [1.29, 1.82) is 0 Å². The van der Waals surface area contributed by atoms with Gasteiger partial charge in [0.05, 0.1) is 18.8 Å². The number of fused-ring (bicyclic) bond motifs is 2. The van der Waals surface area contributed by atoms with Gasteiger partial charge in [0, 0.05) is 6.42 Å². The molecule has 1 aromatic carbocycles. The van der Waals surface area contributed by atoms with Crippen LogP contribution in [0.1, 0.15) is 49.5 Å². The predicted molar refractivity (Wildman–Crippen MR) is 104 cm³/mol. The largest absolute Gasteiger partial charge is 0.497 e. The van der Waals surface area contributed by atoms with Gasteiger partial charge in [-0.2, -0.15) is 0 Å². The number of methoxy groups -OCH3 is 1. The molecule has 1 aromatic rings. The van der Waals surface area contributed by atoms with E-state index in [0.717, 1.165) is 0 Å². The van der Waals surface area contributed by atoms with E-state index in [2.05, 4.69) is 0 Å². The summed E-state index contributed by atoms with van der Waals surface area (Å²) in [7, 11) is 1.57. The van der Waals surface area contributed by atoms with Crippen molar-refractivity contribution in [2.75, 3.05) is 7.11 Å². The molecule has 0 unspecified atom stereocenters. The Morgan fingerprint density at radius 1 is 1.07 bits per heavy atom. The Kier molecular flexibility index (Phi) is 6.01. The summed E-state index contributed by atoms with van der Waals surface area (Å²) in [5.41, 5.74) is 1.15. The minimum absolute atomic E-state index is 0.151. The van der Waals surface area contributed by atoms with Gasteiger partial charge in [0.25, 0.3) is 0 Å². The predicted octanol–water partition coefficient (Wildman–Crippen LogP) is 3.69. The van der Waals surface area contributed by atoms with Gasteiger partial charge in [-0.05, 0) is 57.0 Å². The molecule has 0 spiro atoms. The van der Waals surface area contributed by atoms with Crippen LogP contribution in [-0.2, 0) is 19.0 Å². The number of cyclic esters (lactones) is 1. The van der Waals surface area contributed by atoms with Crippen LogP contribution in [0.2, 0.25) is 0 Å². The van der Waals surface area contributed by atoms with Gasteiger partial charge in [0.15, 0.2) is 11.6 Å². The summed E-state index contributed by atoms with van der Waals surface area (Å²) >= 11 is 0. The van der Waals surface area contributed by atoms with Crippen molar-refractivity contribution in [2.24, 2.45) is 0 Å². The zero-order chi connectivity index (χ0) is 20.3. The third-order valence-electron chi connectivity index (χ3n) is 4.67. The van der Waals surface area contributed by atoms with Gasteiger partial charge in [-0.25, -0.2) is 4.79 Å². The van der Waals surface area contributed by atoms with Gasteiger partial charge in [-0.3, -0.25) is 4.79 Å². The highest BCUT2D eigenvalue weighted by Crippen LogP contribution is 2.31. The Morgan fingerprint density at radius 3 is 2.57 bits per heavy atom. The third-order valence-corrected chi connectivity index (χ3v) is 4.67. The highest BCUT2D eigenvalue weighted by atomic mass is 16.8. The van der Waals surface area contributed by atoms with E-state index in [-0.39, 0.29) is 11.9 Å². The summed E-state index contributed by atoms with van der Waals surface area (Å²) in [5.74, 6) is -0.746. The van der Waals surface area contributed by atoms with Crippen LogP contribution in [0.4, 0.5) is 0 Å². The van der Waals surface area contributed by atoms with E-state index in [1.807, 2.05) is 12.2 Å². The van der Waals surface area contributed by atoms with Crippen molar-refractivity contribution in [3.05, 3.63) is 47.6 Å².